The van der Waals surface area contributed by atoms with Crippen molar-refractivity contribution in [1.29, 1.82) is 0 Å². The number of amides is 1. The van der Waals surface area contributed by atoms with Crippen molar-refractivity contribution in [3.8, 4) is 16.9 Å². The van der Waals surface area contributed by atoms with Crippen molar-refractivity contribution in [2.75, 3.05) is 13.7 Å². The van der Waals surface area contributed by atoms with Crippen molar-refractivity contribution in [1.82, 2.24) is 5.32 Å². The van der Waals surface area contributed by atoms with Gasteiger partial charge in [0.25, 0.3) is 0 Å². The maximum Gasteiger partial charge on any atom is 0.306 e. The third-order valence-electron chi connectivity index (χ3n) is 5.02. The first-order chi connectivity index (χ1) is 14.3. The van der Waals surface area contributed by atoms with E-state index >= 15 is 0 Å². The maximum absolute atomic E-state index is 14.6. The number of carbonyl (C=O) groups is 3. The summed E-state index contributed by atoms with van der Waals surface area (Å²) in [4.78, 5) is 34.8. The van der Waals surface area contributed by atoms with Gasteiger partial charge in [0.05, 0.1) is 20.1 Å². The molecule has 30 heavy (non-hydrogen) atoms. The molecule has 1 amide bonds. The highest BCUT2D eigenvalue weighted by atomic mass is 19.1. The first-order valence-electron chi connectivity index (χ1n) is 9.73. The molecule has 2 aromatic carbocycles. The van der Waals surface area contributed by atoms with E-state index in [1.165, 1.54) is 32.2 Å². The third kappa shape index (κ3) is 4.84. The average molecular weight is 413 g/mol. The second-order valence-electron chi connectivity index (χ2n) is 7.38. The van der Waals surface area contributed by atoms with Gasteiger partial charge in [-0.1, -0.05) is 6.07 Å². The van der Waals surface area contributed by atoms with Crippen molar-refractivity contribution in [2.45, 2.75) is 39.2 Å². The highest BCUT2D eigenvalue weighted by molar-refractivity contribution is 5.95. The van der Waals surface area contributed by atoms with Crippen LogP contribution >= 0.6 is 0 Å². The predicted molar refractivity (Wildman–Crippen MR) is 109 cm³/mol. The third-order valence-corrected chi connectivity index (χ3v) is 5.02. The van der Waals surface area contributed by atoms with Crippen LogP contribution in [0.25, 0.3) is 11.1 Å². The van der Waals surface area contributed by atoms with E-state index in [1.54, 1.807) is 0 Å². The fourth-order valence-corrected chi connectivity index (χ4v) is 3.49. The molecule has 1 aliphatic rings. The summed E-state index contributed by atoms with van der Waals surface area (Å²) in [6, 6.07) is 8.10. The molecule has 0 bridgehead atoms. The molecule has 158 valence electrons. The first kappa shape index (κ1) is 21.5. The first-order valence-corrected chi connectivity index (χ1v) is 9.73. The molecule has 0 unspecified atom stereocenters. The van der Waals surface area contributed by atoms with Gasteiger partial charge < -0.3 is 14.8 Å². The van der Waals surface area contributed by atoms with E-state index in [4.69, 9.17) is 4.74 Å². The van der Waals surface area contributed by atoms with E-state index in [2.05, 4.69) is 10.1 Å². The predicted octanol–water partition coefficient (Wildman–Crippen LogP) is 3.38. The number of halogens is 1. The zero-order chi connectivity index (χ0) is 21.8. The van der Waals surface area contributed by atoms with Gasteiger partial charge >= 0.3 is 5.97 Å². The largest absolute Gasteiger partial charge is 0.487 e. The molecule has 0 saturated carbocycles. The summed E-state index contributed by atoms with van der Waals surface area (Å²) >= 11 is 0. The zero-order valence-electron chi connectivity index (χ0n) is 17.2. The molecule has 7 heteroatoms. The Bertz CT molecular complexity index is 1000. The number of methoxy groups -OCH3 is 1. The van der Waals surface area contributed by atoms with Crippen molar-refractivity contribution in [3.05, 3.63) is 52.8 Å². The van der Waals surface area contributed by atoms with Crippen LogP contribution in [-0.4, -0.2) is 37.4 Å². The minimum absolute atomic E-state index is 0.0171. The number of nitrogens with one attached hydrogen (secondary N) is 1. The molecule has 0 fully saturated rings. The molecule has 2 aromatic rings. The van der Waals surface area contributed by atoms with Gasteiger partial charge in [-0.25, -0.2) is 4.39 Å². The molecule has 1 aliphatic heterocycles. The van der Waals surface area contributed by atoms with Gasteiger partial charge in [-0.15, -0.1) is 0 Å². The number of fused-ring (bicyclic) bond motifs is 1. The summed E-state index contributed by atoms with van der Waals surface area (Å²) in [5, 5.41) is 2.76. The van der Waals surface area contributed by atoms with E-state index in [1.807, 2.05) is 19.1 Å². The fourth-order valence-electron chi connectivity index (χ4n) is 3.49. The molecule has 0 aromatic heterocycles. The summed E-state index contributed by atoms with van der Waals surface area (Å²) in [7, 11) is 1.28. The van der Waals surface area contributed by atoms with Crippen LogP contribution in [0.4, 0.5) is 4.39 Å². The lowest BCUT2D eigenvalue weighted by Crippen LogP contribution is -2.34. The van der Waals surface area contributed by atoms with Crippen LogP contribution in [0.15, 0.2) is 30.3 Å². The number of rotatable bonds is 7. The number of esters is 1. The molecule has 6 nitrogen and oxygen atoms in total. The lowest BCUT2D eigenvalue weighted by Gasteiger charge is -2.15. The molecule has 1 atom stereocenters. The lowest BCUT2D eigenvalue weighted by atomic mass is 9.95. The van der Waals surface area contributed by atoms with Crippen LogP contribution in [0.2, 0.25) is 0 Å². The minimum Gasteiger partial charge on any atom is -0.487 e. The summed E-state index contributed by atoms with van der Waals surface area (Å²) in [6.45, 7) is 3.62. The number of aryl methyl sites for hydroxylation is 1. The number of hydrogen-bond acceptors (Lipinski definition) is 5. The van der Waals surface area contributed by atoms with Crippen LogP contribution < -0.4 is 10.1 Å². The number of benzene rings is 2. The Labute approximate surface area is 174 Å². The highest BCUT2D eigenvalue weighted by Crippen LogP contribution is 2.41. The van der Waals surface area contributed by atoms with E-state index in [0.29, 0.717) is 28.9 Å². The van der Waals surface area contributed by atoms with Gasteiger partial charge in [-0.05, 0) is 49.2 Å². The number of hydrogen-bond donors (Lipinski definition) is 1. The Kier molecular flexibility index (Phi) is 6.50. The van der Waals surface area contributed by atoms with Gasteiger partial charge in [0, 0.05) is 29.5 Å². The second-order valence-corrected chi connectivity index (χ2v) is 7.38. The Balaban J connectivity index is 1.76. The number of carbonyl (C=O) groups excluding carboxylic acids is 3. The van der Waals surface area contributed by atoms with Crippen molar-refractivity contribution in [2.24, 2.45) is 0 Å². The number of ketones is 1. The molecule has 0 radical (unpaired) electrons. The normalized spacial score (nSPS) is 14.6. The summed E-state index contributed by atoms with van der Waals surface area (Å²) < 4.78 is 25.2. The smallest absolute Gasteiger partial charge is 0.306 e. The topological polar surface area (TPSA) is 81.7 Å². The Morgan fingerprint density at radius 2 is 1.93 bits per heavy atom. The van der Waals surface area contributed by atoms with Crippen LogP contribution in [0.3, 0.4) is 0 Å². The van der Waals surface area contributed by atoms with Crippen LogP contribution in [0.5, 0.6) is 5.75 Å². The van der Waals surface area contributed by atoms with E-state index < -0.39 is 11.8 Å². The van der Waals surface area contributed by atoms with Crippen LogP contribution in [0.1, 0.15) is 41.3 Å². The summed E-state index contributed by atoms with van der Waals surface area (Å²) in [5.41, 5.74) is 3.19. The van der Waals surface area contributed by atoms with Gasteiger partial charge in [0.1, 0.15) is 17.7 Å². The molecule has 0 saturated heterocycles. The number of ether oxygens (including phenoxy) is 2. The molecule has 1 N–H and O–H groups in total. The van der Waals surface area contributed by atoms with E-state index in [9.17, 15) is 18.8 Å². The molecule has 0 spiro atoms. The Morgan fingerprint density at radius 3 is 2.63 bits per heavy atom. The lowest BCUT2D eigenvalue weighted by molar-refractivity contribution is -0.142. The SMILES string of the molecule is COC(=O)CCC(=O)NC[C@H]1Cc2cc(C)cc(-c3cc(C(C)=O)ccc3F)c2O1. The Morgan fingerprint density at radius 1 is 1.17 bits per heavy atom. The highest BCUT2D eigenvalue weighted by Gasteiger charge is 2.28. The zero-order valence-corrected chi connectivity index (χ0v) is 17.2. The fraction of sp³-hybridized carbons (Fsp3) is 0.348. The van der Waals surface area contributed by atoms with Crippen molar-refractivity contribution >= 4 is 17.7 Å². The molecular weight excluding hydrogens is 389 g/mol. The molecule has 1 heterocycles. The summed E-state index contributed by atoms with van der Waals surface area (Å²) in [6.07, 6.45) is 0.319. The molecule has 3 rings (SSSR count). The molecular formula is C23H24FNO5. The Hall–Kier alpha value is -3.22. The van der Waals surface area contributed by atoms with Gasteiger partial charge in [0.15, 0.2) is 5.78 Å². The maximum atomic E-state index is 14.6. The van der Waals surface area contributed by atoms with Crippen LogP contribution in [-0.2, 0) is 20.7 Å². The monoisotopic (exact) mass is 413 g/mol. The van der Waals surface area contributed by atoms with E-state index in [0.717, 1.165) is 11.1 Å². The van der Waals surface area contributed by atoms with Gasteiger partial charge in [-0.3, -0.25) is 14.4 Å². The van der Waals surface area contributed by atoms with Crippen molar-refractivity contribution < 1.29 is 28.2 Å². The van der Waals surface area contributed by atoms with Gasteiger partial charge in [-0.2, -0.15) is 0 Å². The second kappa shape index (κ2) is 9.07. The number of Topliss-reactive ketones (excluding diaryl/α,β-unsaturated/α-hetero) is 1. The minimum atomic E-state index is -0.440. The average Bonchev–Trinajstić information content (AvgIpc) is 3.12. The standard InChI is InChI=1S/C23H24FNO5/c1-13-8-16-10-17(12-25-21(27)6-7-22(28)29-3)30-23(16)19(9-13)18-11-15(14(2)26)4-5-20(18)24/h4-5,8-9,11,17H,6-7,10,12H2,1-3H3,(H,25,27)/t17-/m1/s1. The quantitative estimate of drug-likeness (QED) is 0.556. The summed E-state index contributed by atoms with van der Waals surface area (Å²) in [5.74, 6) is -0.722. The van der Waals surface area contributed by atoms with E-state index in [-0.39, 0.29) is 37.2 Å². The van der Waals surface area contributed by atoms with Gasteiger partial charge in [0.2, 0.25) is 5.91 Å². The van der Waals surface area contributed by atoms with Crippen LogP contribution in [0, 0.1) is 12.7 Å². The van der Waals surface area contributed by atoms with Crippen molar-refractivity contribution in [3.63, 3.8) is 0 Å². The molecule has 0 aliphatic carbocycles.